The molecule has 0 aromatic carbocycles. The van der Waals surface area contributed by atoms with Crippen LogP contribution in [0.3, 0.4) is 0 Å². The van der Waals surface area contributed by atoms with E-state index in [0.717, 1.165) is 55.5 Å². The zero-order chi connectivity index (χ0) is 23.7. The SMILES string of the molecule is COc1cnc(N2CCCNCC2)nc1N1CC(C(=O)NC(C)c2c(C)nc3ccccn23)C1. The monoisotopic (exact) mass is 464 g/mol. The number of nitrogens with one attached hydrogen (secondary N) is 2. The maximum atomic E-state index is 13.0. The summed E-state index contributed by atoms with van der Waals surface area (Å²) in [5.41, 5.74) is 2.82. The number of carbonyl (C=O) groups is 1. The summed E-state index contributed by atoms with van der Waals surface area (Å²) in [6.07, 6.45) is 4.78. The molecule has 0 bridgehead atoms. The normalized spacial score (nSPS) is 17.9. The number of nitrogens with zero attached hydrogens (tertiary/aromatic N) is 6. The van der Waals surface area contributed by atoms with E-state index >= 15 is 0 Å². The van der Waals surface area contributed by atoms with Crippen LogP contribution in [-0.2, 0) is 4.79 Å². The lowest BCUT2D eigenvalue weighted by Crippen LogP contribution is -2.54. The molecule has 5 rings (SSSR count). The lowest BCUT2D eigenvalue weighted by molar-refractivity contribution is -0.126. The molecule has 1 atom stereocenters. The number of imidazole rings is 1. The lowest BCUT2D eigenvalue weighted by atomic mass is 9.98. The van der Waals surface area contributed by atoms with Crippen molar-refractivity contribution in [2.45, 2.75) is 26.3 Å². The number of amides is 1. The molecule has 2 N–H and O–H groups in total. The highest BCUT2D eigenvalue weighted by Gasteiger charge is 2.36. The largest absolute Gasteiger partial charge is 0.491 e. The van der Waals surface area contributed by atoms with Crippen molar-refractivity contribution < 1.29 is 9.53 Å². The van der Waals surface area contributed by atoms with Gasteiger partial charge in [-0.1, -0.05) is 6.07 Å². The molecule has 2 aliphatic rings. The molecule has 10 heteroatoms. The number of pyridine rings is 1. The zero-order valence-electron chi connectivity index (χ0n) is 20.0. The van der Waals surface area contributed by atoms with E-state index < -0.39 is 0 Å². The molecule has 1 amide bonds. The van der Waals surface area contributed by atoms with Gasteiger partial charge in [0.2, 0.25) is 11.9 Å². The van der Waals surface area contributed by atoms with E-state index in [1.807, 2.05) is 42.6 Å². The molecule has 1 unspecified atom stereocenters. The molecule has 5 heterocycles. The van der Waals surface area contributed by atoms with Crippen LogP contribution in [0, 0.1) is 12.8 Å². The molecule has 0 spiro atoms. The lowest BCUT2D eigenvalue weighted by Gasteiger charge is -2.40. The fourth-order valence-corrected chi connectivity index (χ4v) is 4.79. The molecular formula is C24H32N8O2. The minimum atomic E-state index is -0.143. The number of anilines is 2. The summed E-state index contributed by atoms with van der Waals surface area (Å²) in [6.45, 7) is 8.90. The van der Waals surface area contributed by atoms with Gasteiger partial charge in [-0.25, -0.2) is 9.97 Å². The Morgan fingerprint density at radius 3 is 2.88 bits per heavy atom. The smallest absolute Gasteiger partial charge is 0.227 e. The van der Waals surface area contributed by atoms with Gasteiger partial charge < -0.3 is 29.6 Å². The summed E-state index contributed by atoms with van der Waals surface area (Å²) < 4.78 is 7.57. The maximum Gasteiger partial charge on any atom is 0.227 e. The quantitative estimate of drug-likeness (QED) is 0.567. The molecule has 34 heavy (non-hydrogen) atoms. The van der Waals surface area contributed by atoms with E-state index in [0.29, 0.717) is 24.8 Å². The second-order valence-corrected chi connectivity index (χ2v) is 9.00. The standard InChI is InChI=1S/C24H32N8O2/c1-16-21(32-11-5-4-7-20(32)27-16)17(2)28-23(33)18-14-31(15-18)22-19(34-3)13-26-24(29-22)30-10-6-8-25-9-12-30/h4-5,7,11,13,17-18,25H,6,8-10,12,14-15H2,1-3H3,(H,28,33). The van der Waals surface area contributed by atoms with Crippen molar-refractivity contribution in [2.24, 2.45) is 5.92 Å². The summed E-state index contributed by atoms with van der Waals surface area (Å²) >= 11 is 0. The highest BCUT2D eigenvalue weighted by molar-refractivity contribution is 5.82. The number of ether oxygens (including phenoxy) is 1. The van der Waals surface area contributed by atoms with Crippen LogP contribution in [0.15, 0.2) is 30.6 Å². The van der Waals surface area contributed by atoms with Crippen LogP contribution < -0.4 is 25.2 Å². The van der Waals surface area contributed by atoms with Gasteiger partial charge in [-0.2, -0.15) is 4.98 Å². The van der Waals surface area contributed by atoms with Gasteiger partial charge >= 0.3 is 0 Å². The fraction of sp³-hybridized carbons (Fsp3) is 0.500. The van der Waals surface area contributed by atoms with E-state index in [-0.39, 0.29) is 17.9 Å². The Morgan fingerprint density at radius 1 is 1.21 bits per heavy atom. The Balaban J connectivity index is 1.25. The molecule has 3 aromatic heterocycles. The van der Waals surface area contributed by atoms with Crippen LogP contribution in [-0.4, -0.2) is 71.6 Å². The molecule has 10 nitrogen and oxygen atoms in total. The highest BCUT2D eigenvalue weighted by Crippen LogP contribution is 2.33. The van der Waals surface area contributed by atoms with Crippen LogP contribution in [0.1, 0.15) is 30.8 Å². The Bertz CT molecular complexity index is 1160. The first-order chi connectivity index (χ1) is 16.5. The molecule has 0 radical (unpaired) electrons. The molecule has 2 aliphatic heterocycles. The molecule has 2 fully saturated rings. The molecule has 3 aromatic rings. The summed E-state index contributed by atoms with van der Waals surface area (Å²) in [5, 5.41) is 6.59. The van der Waals surface area contributed by atoms with Gasteiger partial charge in [-0.15, -0.1) is 0 Å². The van der Waals surface area contributed by atoms with Crippen LogP contribution >= 0.6 is 0 Å². The van der Waals surface area contributed by atoms with E-state index in [4.69, 9.17) is 9.72 Å². The first-order valence-corrected chi connectivity index (χ1v) is 11.9. The number of rotatable bonds is 6. The Hall–Kier alpha value is -3.40. The third-order valence-corrected chi connectivity index (χ3v) is 6.64. The van der Waals surface area contributed by atoms with Gasteiger partial charge in [-0.3, -0.25) is 4.79 Å². The first kappa shape index (κ1) is 22.4. The van der Waals surface area contributed by atoms with E-state index in [1.165, 1.54) is 0 Å². The minimum absolute atomic E-state index is 0.0425. The van der Waals surface area contributed by atoms with Gasteiger partial charge in [0, 0.05) is 38.9 Å². The highest BCUT2D eigenvalue weighted by atomic mass is 16.5. The van der Waals surface area contributed by atoms with Crippen molar-refractivity contribution in [3.05, 3.63) is 42.0 Å². The van der Waals surface area contributed by atoms with Gasteiger partial charge in [0.05, 0.1) is 36.7 Å². The minimum Gasteiger partial charge on any atom is -0.491 e. The van der Waals surface area contributed by atoms with Crippen molar-refractivity contribution in [2.75, 3.05) is 56.2 Å². The van der Waals surface area contributed by atoms with Crippen molar-refractivity contribution >= 4 is 23.3 Å². The fourth-order valence-electron chi connectivity index (χ4n) is 4.79. The summed E-state index contributed by atoms with van der Waals surface area (Å²) in [6, 6.07) is 5.77. The van der Waals surface area contributed by atoms with E-state index in [9.17, 15) is 4.79 Å². The number of hydrogen-bond acceptors (Lipinski definition) is 8. The van der Waals surface area contributed by atoms with Crippen molar-refractivity contribution in [3.63, 3.8) is 0 Å². The Morgan fingerprint density at radius 2 is 2.06 bits per heavy atom. The number of aryl methyl sites for hydroxylation is 1. The van der Waals surface area contributed by atoms with Gasteiger partial charge in [0.25, 0.3) is 0 Å². The number of carbonyl (C=O) groups excluding carboxylic acids is 1. The number of aromatic nitrogens is 4. The van der Waals surface area contributed by atoms with Gasteiger partial charge in [0.1, 0.15) is 5.65 Å². The molecule has 0 aliphatic carbocycles. The van der Waals surface area contributed by atoms with E-state index in [2.05, 4.69) is 30.4 Å². The van der Waals surface area contributed by atoms with Gasteiger partial charge in [-0.05, 0) is 38.9 Å². The molecule has 0 saturated carbocycles. The number of hydrogen-bond donors (Lipinski definition) is 2. The first-order valence-electron chi connectivity index (χ1n) is 11.9. The number of fused-ring (bicyclic) bond motifs is 1. The summed E-state index contributed by atoms with van der Waals surface area (Å²) in [7, 11) is 1.63. The van der Waals surface area contributed by atoms with Crippen LogP contribution in [0.4, 0.5) is 11.8 Å². The molecule has 2 saturated heterocycles. The average Bonchev–Trinajstić information content (AvgIpc) is 2.95. The molecule has 180 valence electrons. The Kier molecular flexibility index (Phi) is 6.23. The van der Waals surface area contributed by atoms with E-state index in [1.54, 1.807) is 13.3 Å². The van der Waals surface area contributed by atoms with Crippen LogP contribution in [0.2, 0.25) is 0 Å². The number of methoxy groups -OCH3 is 1. The maximum absolute atomic E-state index is 13.0. The zero-order valence-corrected chi connectivity index (χ0v) is 20.0. The van der Waals surface area contributed by atoms with Crippen molar-refractivity contribution in [1.82, 2.24) is 30.0 Å². The van der Waals surface area contributed by atoms with Gasteiger partial charge in [0.15, 0.2) is 11.6 Å². The topological polar surface area (TPSA) is 99.9 Å². The summed E-state index contributed by atoms with van der Waals surface area (Å²) in [5.74, 6) is 2.03. The second-order valence-electron chi connectivity index (χ2n) is 9.00. The third-order valence-electron chi connectivity index (χ3n) is 6.64. The average molecular weight is 465 g/mol. The third kappa shape index (κ3) is 4.25. The Labute approximate surface area is 199 Å². The molecular weight excluding hydrogens is 432 g/mol. The predicted octanol–water partition coefficient (Wildman–Crippen LogP) is 1.55. The van der Waals surface area contributed by atoms with Crippen molar-refractivity contribution in [3.8, 4) is 5.75 Å². The van der Waals surface area contributed by atoms with Crippen LogP contribution in [0.25, 0.3) is 5.65 Å². The van der Waals surface area contributed by atoms with Crippen LogP contribution in [0.5, 0.6) is 5.75 Å². The van der Waals surface area contributed by atoms with Crippen molar-refractivity contribution in [1.29, 1.82) is 0 Å². The predicted molar refractivity (Wildman–Crippen MR) is 130 cm³/mol. The summed E-state index contributed by atoms with van der Waals surface area (Å²) in [4.78, 5) is 31.3. The second kappa shape index (κ2) is 9.46.